The molecule has 2 heterocycles. The van der Waals surface area contributed by atoms with Crippen molar-refractivity contribution in [1.82, 2.24) is 4.98 Å². The summed E-state index contributed by atoms with van der Waals surface area (Å²) < 4.78 is 1.30. The molecule has 2 rings (SSSR count). The molecule has 2 aromatic heterocycles. The van der Waals surface area contributed by atoms with Crippen molar-refractivity contribution in [1.29, 1.82) is 0 Å². The highest BCUT2D eigenvalue weighted by atomic mass is 127. The molecule has 0 aromatic carbocycles. The molecule has 10 heavy (non-hydrogen) atoms. The van der Waals surface area contributed by atoms with Gasteiger partial charge in [-0.05, 0) is 34.7 Å². The number of hydrogen-bond donors (Lipinski definition) is 0. The summed E-state index contributed by atoms with van der Waals surface area (Å²) in [5, 5.41) is 3.39. The Morgan fingerprint density at radius 3 is 3.20 bits per heavy atom. The number of halogens is 1. The zero-order valence-electron chi connectivity index (χ0n) is 5.04. The summed E-state index contributed by atoms with van der Waals surface area (Å²) in [5.41, 5.74) is 0. The highest BCUT2D eigenvalue weighted by Gasteiger charge is 1.98. The van der Waals surface area contributed by atoms with E-state index in [2.05, 4.69) is 39.0 Å². The third kappa shape index (κ3) is 0.932. The predicted molar refractivity (Wildman–Crippen MR) is 52.3 cm³/mol. The first kappa shape index (κ1) is 6.54. The van der Waals surface area contributed by atoms with Crippen LogP contribution in [0.15, 0.2) is 23.7 Å². The first-order chi connectivity index (χ1) is 4.88. The van der Waals surface area contributed by atoms with E-state index in [0.717, 1.165) is 4.83 Å². The van der Waals surface area contributed by atoms with Crippen LogP contribution in [0.4, 0.5) is 0 Å². The van der Waals surface area contributed by atoms with Gasteiger partial charge in [-0.3, -0.25) is 0 Å². The fourth-order valence-corrected chi connectivity index (χ4v) is 2.61. The van der Waals surface area contributed by atoms with Crippen molar-refractivity contribution in [3.8, 4) is 0 Å². The smallest absolute Gasteiger partial charge is 0.124 e. The van der Waals surface area contributed by atoms with Gasteiger partial charge in [-0.25, -0.2) is 4.98 Å². The standard InChI is InChI=1S/C7H4INS/c8-6-4-10-7-5(6)2-1-3-9-7/h1-4H. The number of pyridine rings is 1. The molecule has 0 N–H and O–H groups in total. The quantitative estimate of drug-likeness (QED) is 0.664. The fourth-order valence-electron chi connectivity index (χ4n) is 0.838. The fraction of sp³-hybridized carbons (Fsp3) is 0. The number of rotatable bonds is 0. The Morgan fingerprint density at radius 1 is 1.50 bits per heavy atom. The molecule has 0 saturated carbocycles. The Kier molecular flexibility index (Phi) is 1.61. The van der Waals surface area contributed by atoms with Crippen molar-refractivity contribution in [2.24, 2.45) is 0 Å². The number of thiophene rings is 1. The van der Waals surface area contributed by atoms with E-state index in [1.807, 2.05) is 12.3 Å². The van der Waals surface area contributed by atoms with Crippen LogP contribution >= 0.6 is 33.9 Å². The molecule has 0 radical (unpaired) electrons. The molecular formula is C7H4INS. The SMILES string of the molecule is Ic1csc2ncccc12. The molecule has 0 saturated heterocycles. The minimum absolute atomic E-state index is 1.13. The molecule has 50 valence electrons. The van der Waals surface area contributed by atoms with Crippen LogP contribution in [0, 0.1) is 3.57 Å². The van der Waals surface area contributed by atoms with Crippen LogP contribution in [0.5, 0.6) is 0 Å². The van der Waals surface area contributed by atoms with Crippen LogP contribution < -0.4 is 0 Å². The number of nitrogens with zero attached hydrogens (tertiary/aromatic N) is 1. The average Bonchev–Trinajstić information content (AvgIpc) is 2.34. The monoisotopic (exact) mass is 261 g/mol. The zero-order chi connectivity index (χ0) is 6.97. The van der Waals surface area contributed by atoms with E-state index >= 15 is 0 Å². The maximum Gasteiger partial charge on any atom is 0.124 e. The Labute approximate surface area is 76.2 Å². The molecule has 0 aliphatic heterocycles. The number of aromatic nitrogens is 1. The van der Waals surface area contributed by atoms with Crippen molar-refractivity contribution in [2.45, 2.75) is 0 Å². The van der Waals surface area contributed by atoms with Crippen molar-refractivity contribution in [3.05, 3.63) is 27.3 Å². The van der Waals surface area contributed by atoms with Gasteiger partial charge >= 0.3 is 0 Å². The van der Waals surface area contributed by atoms with E-state index in [0.29, 0.717) is 0 Å². The van der Waals surface area contributed by atoms with Crippen molar-refractivity contribution >= 4 is 44.1 Å². The van der Waals surface area contributed by atoms with Gasteiger partial charge in [0.05, 0.1) is 0 Å². The molecule has 0 unspecified atom stereocenters. The molecule has 0 aliphatic rings. The van der Waals surface area contributed by atoms with Gasteiger partial charge in [-0.15, -0.1) is 11.3 Å². The van der Waals surface area contributed by atoms with Gasteiger partial charge < -0.3 is 0 Å². The lowest BCUT2D eigenvalue weighted by Gasteiger charge is -1.84. The summed E-state index contributed by atoms with van der Waals surface area (Å²) in [6, 6.07) is 4.07. The van der Waals surface area contributed by atoms with Crippen LogP contribution in [0.3, 0.4) is 0 Å². The largest absolute Gasteiger partial charge is 0.245 e. The minimum Gasteiger partial charge on any atom is -0.245 e. The van der Waals surface area contributed by atoms with Gasteiger partial charge in [0.2, 0.25) is 0 Å². The Balaban J connectivity index is 2.93. The van der Waals surface area contributed by atoms with E-state index in [-0.39, 0.29) is 0 Å². The van der Waals surface area contributed by atoms with Crippen LogP contribution in [0.2, 0.25) is 0 Å². The van der Waals surface area contributed by atoms with Gasteiger partial charge in [0.15, 0.2) is 0 Å². The van der Waals surface area contributed by atoms with E-state index in [4.69, 9.17) is 0 Å². The normalized spacial score (nSPS) is 10.5. The summed E-state index contributed by atoms with van der Waals surface area (Å²) in [6.07, 6.45) is 1.83. The molecule has 0 bridgehead atoms. The maximum atomic E-state index is 4.22. The molecule has 0 aliphatic carbocycles. The first-order valence-corrected chi connectivity index (χ1v) is 4.81. The second-order valence-electron chi connectivity index (χ2n) is 1.94. The average molecular weight is 261 g/mol. The zero-order valence-corrected chi connectivity index (χ0v) is 8.02. The van der Waals surface area contributed by atoms with E-state index in [1.54, 1.807) is 11.3 Å². The first-order valence-electron chi connectivity index (χ1n) is 2.85. The van der Waals surface area contributed by atoms with Crippen molar-refractivity contribution < 1.29 is 0 Å². The minimum atomic E-state index is 1.13. The van der Waals surface area contributed by atoms with Crippen LogP contribution in [0.1, 0.15) is 0 Å². The maximum absolute atomic E-state index is 4.22. The molecule has 1 nitrogen and oxygen atoms in total. The third-order valence-electron chi connectivity index (χ3n) is 1.30. The van der Waals surface area contributed by atoms with Crippen molar-refractivity contribution in [2.75, 3.05) is 0 Å². The second kappa shape index (κ2) is 2.47. The van der Waals surface area contributed by atoms with Crippen LogP contribution in [-0.4, -0.2) is 4.98 Å². The Bertz CT molecular complexity index is 355. The highest BCUT2D eigenvalue weighted by molar-refractivity contribution is 14.1. The summed E-state index contributed by atoms with van der Waals surface area (Å²) in [7, 11) is 0. The van der Waals surface area contributed by atoms with Crippen LogP contribution in [-0.2, 0) is 0 Å². The lowest BCUT2D eigenvalue weighted by Crippen LogP contribution is -1.68. The lowest BCUT2D eigenvalue weighted by molar-refractivity contribution is 1.44. The number of fused-ring (bicyclic) bond motifs is 1. The van der Waals surface area contributed by atoms with E-state index < -0.39 is 0 Å². The van der Waals surface area contributed by atoms with Gasteiger partial charge in [-0.2, -0.15) is 0 Å². The van der Waals surface area contributed by atoms with Gasteiger partial charge in [0.25, 0.3) is 0 Å². The van der Waals surface area contributed by atoms with E-state index in [9.17, 15) is 0 Å². The Morgan fingerprint density at radius 2 is 2.40 bits per heavy atom. The molecule has 0 fully saturated rings. The second-order valence-corrected chi connectivity index (χ2v) is 3.96. The van der Waals surface area contributed by atoms with Gasteiger partial charge in [0.1, 0.15) is 4.83 Å². The molecule has 2 aromatic rings. The summed E-state index contributed by atoms with van der Waals surface area (Å²) in [5.74, 6) is 0. The predicted octanol–water partition coefficient (Wildman–Crippen LogP) is 2.90. The molecular weight excluding hydrogens is 257 g/mol. The highest BCUT2D eigenvalue weighted by Crippen LogP contribution is 2.24. The Hall–Kier alpha value is -0.160. The van der Waals surface area contributed by atoms with Gasteiger partial charge in [-0.1, -0.05) is 0 Å². The van der Waals surface area contributed by atoms with Crippen LogP contribution in [0.25, 0.3) is 10.2 Å². The molecule has 3 heteroatoms. The summed E-state index contributed by atoms with van der Waals surface area (Å²) in [4.78, 5) is 5.35. The summed E-state index contributed by atoms with van der Waals surface area (Å²) >= 11 is 4.02. The lowest BCUT2D eigenvalue weighted by atomic mass is 10.4. The van der Waals surface area contributed by atoms with Gasteiger partial charge in [0, 0.05) is 20.5 Å². The third-order valence-corrected chi connectivity index (χ3v) is 3.52. The molecule has 0 spiro atoms. The molecule has 0 amide bonds. The summed E-state index contributed by atoms with van der Waals surface area (Å²) in [6.45, 7) is 0. The van der Waals surface area contributed by atoms with Crippen molar-refractivity contribution in [3.63, 3.8) is 0 Å². The number of hydrogen-bond acceptors (Lipinski definition) is 2. The molecule has 0 atom stereocenters. The van der Waals surface area contributed by atoms with E-state index in [1.165, 1.54) is 8.96 Å². The topological polar surface area (TPSA) is 12.9 Å².